The van der Waals surface area contributed by atoms with Gasteiger partial charge in [0.15, 0.2) is 0 Å². The van der Waals surface area contributed by atoms with E-state index in [1.54, 1.807) is 6.20 Å². The normalized spacial score (nSPS) is 24.7. The molecule has 3 heterocycles. The number of rotatable bonds is 2. The molecule has 2 amide bonds. The monoisotopic (exact) mass is 359 g/mol. The molecule has 1 N–H and O–H groups in total. The minimum absolute atomic E-state index is 0.00573. The Hall–Kier alpha value is -2.02. The molecular weight excluding hydrogens is 330 g/mol. The van der Waals surface area contributed by atoms with E-state index in [1.807, 2.05) is 25.7 Å². The van der Waals surface area contributed by atoms with Crippen LogP contribution in [0.25, 0.3) is 0 Å². The molecule has 2 aliphatic rings. The molecule has 1 unspecified atom stereocenters. The zero-order valence-electron chi connectivity index (χ0n) is 16.2. The van der Waals surface area contributed by atoms with E-state index in [-0.39, 0.29) is 23.3 Å². The summed E-state index contributed by atoms with van der Waals surface area (Å²) in [5, 5.41) is 2.95. The van der Waals surface area contributed by atoms with E-state index in [9.17, 15) is 9.59 Å². The maximum absolute atomic E-state index is 13.1. The molecule has 2 saturated heterocycles. The fourth-order valence-electron chi connectivity index (χ4n) is 3.91. The molecule has 2 aliphatic heterocycles. The molecule has 0 radical (unpaired) electrons. The van der Waals surface area contributed by atoms with E-state index in [1.165, 1.54) is 0 Å². The first-order valence-corrected chi connectivity index (χ1v) is 9.43. The zero-order valence-corrected chi connectivity index (χ0v) is 16.2. The Labute approximate surface area is 155 Å². The summed E-state index contributed by atoms with van der Waals surface area (Å²) in [4.78, 5) is 38.0. The van der Waals surface area contributed by atoms with Crippen molar-refractivity contribution in [3.8, 4) is 0 Å². The van der Waals surface area contributed by atoms with Gasteiger partial charge in [0.05, 0.1) is 11.3 Å². The van der Waals surface area contributed by atoms with Gasteiger partial charge in [0.25, 0.3) is 5.91 Å². The lowest BCUT2D eigenvalue weighted by atomic mass is 9.86. The molecule has 1 atom stereocenters. The fraction of sp³-hybridized carbons (Fsp3) is 0.684. The van der Waals surface area contributed by atoms with Crippen LogP contribution in [0.2, 0.25) is 0 Å². The molecule has 26 heavy (non-hydrogen) atoms. The van der Waals surface area contributed by atoms with E-state index >= 15 is 0 Å². The van der Waals surface area contributed by atoms with Gasteiger partial charge in [-0.1, -0.05) is 13.8 Å². The average Bonchev–Trinajstić information content (AvgIpc) is 2.79. The van der Waals surface area contributed by atoms with Gasteiger partial charge in [0.2, 0.25) is 5.91 Å². The molecule has 1 aromatic heterocycles. The Bertz CT molecular complexity index is 705. The van der Waals surface area contributed by atoms with Crippen molar-refractivity contribution < 1.29 is 9.59 Å². The number of hydrogen-bond acceptors (Lipinski definition) is 5. The predicted octanol–water partition coefficient (Wildman–Crippen LogP) is 1.33. The molecule has 0 saturated carbocycles. The van der Waals surface area contributed by atoms with Crippen LogP contribution < -0.4 is 5.32 Å². The molecule has 0 bridgehead atoms. The lowest BCUT2D eigenvalue weighted by Crippen LogP contribution is -2.62. The average molecular weight is 359 g/mol. The highest BCUT2D eigenvalue weighted by molar-refractivity contribution is 5.95. The molecule has 1 aromatic rings. The highest BCUT2D eigenvalue weighted by Crippen LogP contribution is 2.31. The molecule has 3 rings (SSSR count). The Morgan fingerprint density at radius 1 is 1.31 bits per heavy atom. The third-order valence-corrected chi connectivity index (χ3v) is 5.76. The van der Waals surface area contributed by atoms with Gasteiger partial charge in [0.1, 0.15) is 5.82 Å². The number of carbonyl (C=O) groups is 2. The van der Waals surface area contributed by atoms with Gasteiger partial charge in [0, 0.05) is 50.3 Å². The Kier molecular flexibility index (Phi) is 5.27. The van der Waals surface area contributed by atoms with Gasteiger partial charge in [-0.15, -0.1) is 0 Å². The second-order valence-corrected chi connectivity index (χ2v) is 7.85. The van der Waals surface area contributed by atoms with Crippen LogP contribution in [0.4, 0.5) is 0 Å². The summed E-state index contributed by atoms with van der Waals surface area (Å²) in [5.74, 6) is 1.10. The third kappa shape index (κ3) is 3.58. The SMILES string of the molecule is Cc1nc(C(C)C)ncc1C(=O)N1CCN(C)C2(CCNC(=O)CC2)C1. The van der Waals surface area contributed by atoms with Crippen LogP contribution in [-0.4, -0.2) is 70.3 Å². The number of nitrogens with one attached hydrogen (secondary N) is 1. The number of piperazine rings is 1. The molecule has 7 nitrogen and oxygen atoms in total. The Morgan fingerprint density at radius 2 is 2.08 bits per heavy atom. The standard InChI is InChI=1S/C19H29N5O2/c1-13(2)17-21-11-15(14(3)22-17)18(26)24-10-9-23(4)19(12-24)6-5-16(25)20-8-7-19/h11,13H,5-10,12H2,1-4H3,(H,20,25). The van der Waals surface area contributed by atoms with Crippen molar-refractivity contribution in [1.29, 1.82) is 0 Å². The van der Waals surface area contributed by atoms with Crippen LogP contribution in [0, 0.1) is 6.92 Å². The van der Waals surface area contributed by atoms with Gasteiger partial charge >= 0.3 is 0 Å². The first-order valence-electron chi connectivity index (χ1n) is 9.43. The molecule has 2 fully saturated rings. The highest BCUT2D eigenvalue weighted by atomic mass is 16.2. The van der Waals surface area contributed by atoms with E-state index in [2.05, 4.69) is 27.2 Å². The van der Waals surface area contributed by atoms with Crippen molar-refractivity contribution in [3.05, 3.63) is 23.3 Å². The summed E-state index contributed by atoms with van der Waals surface area (Å²) >= 11 is 0. The molecule has 0 aromatic carbocycles. The maximum Gasteiger partial charge on any atom is 0.257 e. The number of amides is 2. The van der Waals surface area contributed by atoms with Crippen LogP contribution >= 0.6 is 0 Å². The summed E-state index contributed by atoms with van der Waals surface area (Å²) in [6.45, 7) is 8.76. The van der Waals surface area contributed by atoms with Crippen molar-refractivity contribution in [2.75, 3.05) is 33.2 Å². The first kappa shape index (κ1) is 18.8. The summed E-state index contributed by atoms with van der Waals surface area (Å²) in [5.41, 5.74) is 1.18. The van der Waals surface area contributed by atoms with Crippen LogP contribution in [0.1, 0.15) is 60.9 Å². The summed E-state index contributed by atoms with van der Waals surface area (Å²) in [7, 11) is 2.10. The summed E-state index contributed by atoms with van der Waals surface area (Å²) < 4.78 is 0. The smallest absolute Gasteiger partial charge is 0.257 e. The minimum atomic E-state index is -0.139. The van der Waals surface area contributed by atoms with E-state index < -0.39 is 0 Å². The van der Waals surface area contributed by atoms with E-state index in [0.29, 0.717) is 31.6 Å². The minimum Gasteiger partial charge on any atom is -0.356 e. The van der Waals surface area contributed by atoms with E-state index in [0.717, 1.165) is 30.9 Å². The predicted molar refractivity (Wildman–Crippen MR) is 99.0 cm³/mol. The second-order valence-electron chi connectivity index (χ2n) is 7.85. The number of aromatic nitrogens is 2. The van der Waals surface area contributed by atoms with Crippen molar-refractivity contribution in [2.45, 2.75) is 51.5 Å². The molecule has 7 heteroatoms. The van der Waals surface area contributed by atoms with Gasteiger partial charge in [-0.05, 0) is 26.8 Å². The lowest BCUT2D eigenvalue weighted by Gasteiger charge is -2.49. The van der Waals surface area contributed by atoms with Crippen molar-refractivity contribution in [2.24, 2.45) is 0 Å². The third-order valence-electron chi connectivity index (χ3n) is 5.76. The number of likely N-dealkylation sites (N-methyl/N-ethyl adjacent to an activating group) is 1. The molecular formula is C19H29N5O2. The summed E-state index contributed by atoms with van der Waals surface area (Å²) in [6, 6.07) is 0. The van der Waals surface area contributed by atoms with Crippen molar-refractivity contribution in [3.63, 3.8) is 0 Å². The number of aryl methyl sites for hydroxylation is 1. The Morgan fingerprint density at radius 3 is 2.77 bits per heavy atom. The van der Waals surface area contributed by atoms with Crippen molar-refractivity contribution >= 4 is 11.8 Å². The van der Waals surface area contributed by atoms with E-state index in [4.69, 9.17) is 0 Å². The van der Waals surface area contributed by atoms with Crippen molar-refractivity contribution in [1.82, 2.24) is 25.1 Å². The quantitative estimate of drug-likeness (QED) is 0.862. The second kappa shape index (κ2) is 7.31. The van der Waals surface area contributed by atoms with Gasteiger partial charge in [-0.25, -0.2) is 9.97 Å². The topological polar surface area (TPSA) is 78.4 Å². The van der Waals surface area contributed by atoms with Crippen LogP contribution in [-0.2, 0) is 4.79 Å². The largest absolute Gasteiger partial charge is 0.356 e. The first-order chi connectivity index (χ1) is 12.3. The molecule has 1 spiro atoms. The van der Waals surface area contributed by atoms with Crippen LogP contribution in [0.3, 0.4) is 0 Å². The lowest BCUT2D eigenvalue weighted by molar-refractivity contribution is -0.121. The number of hydrogen-bond donors (Lipinski definition) is 1. The van der Waals surface area contributed by atoms with Gasteiger partial charge in [-0.2, -0.15) is 0 Å². The zero-order chi connectivity index (χ0) is 18.9. The molecule has 142 valence electrons. The maximum atomic E-state index is 13.1. The highest BCUT2D eigenvalue weighted by Gasteiger charge is 2.42. The fourth-order valence-corrected chi connectivity index (χ4v) is 3.91. The van der Waals surface area contributed by atoms with Gasteiger partial charge in [-0.3, -0.25) is 14.5 Å². The summed E-state index contributed by atoms with van der Waals surface area (Å²) in [6.07, 6.45) is 3.82. The Balaban J connectivity index is 1.81. The van der Waals surface area contributed by atoms with Gasteiger partial charge < -0.3 is 10.2 Å². The van der Waals surface area contributed by atoms with Crippen LogP contribution in [0.5, 0.6) is 0 Å². The number of carbonyl (C=O) groups excluding carboxylic acids is 2. The number of nitrogens with zero attached hydrogens (tertiary/aromatic N) is 4. The van der Waals surface area contributed by atoms with Crippen LogP contribution in [0.15, 0.2) is 6.20 Å². The molecule has 0 aliphatic carbocycles.